The van der Waals surface area contributed by atoms with E-state index in [0.717, 1.165) is 12.5 Å². The first kappa shape index (κ1) is 20.2. The van der Waals surface area contributed by atoms with Gasteiger partial charge in [0.15, 0.2) is 5.79 Å². The molecule has 0 aromatic rings. The summed E-state index contributed by atoms with van der Waals surface area (Å²) in [7, 11) is -5.84. The monoisotopic (exact) mass is 352 g/mol. The normalized spacial score (nSPS) is 27.0. The van der Waals surface area contributed by atoms with Gasteiger partial charge in [-0.25, -0.2) is 0 Å². The lowest BCUT2D eigenvalue weighted by molar-refractivity contribution is -0.202. The maximum absolute atomic E-state index is 6.39. The summed E-state index contributed by atoms with van der Waals surface area (Å²) in [6.07, 6.45) is 0.724. The molecule has 1 fully saturated rings. The fourth-order valence-electron chi connectivity index (χ4n) is 2.89. The molecule has 1 atom stereocenters. The molecule has 0 aromatic carbocycles. The summed E-state index contributed by atoms with van der Waals surface area (Å²) < 4.78 is 36.7. The van der Waals surface area contributed by atoms with Crippen LogP contribution in [0.3, 0.4) is 0 Å². The lowest BCUT2D eigenvalue weighted by atomic mass is 10.2. The summed E-state index contributed by atoms with van der Waals surface area (Å²) in [6, 6.07) is 0.761. The predicted molar refractivity (Wildman–Crippen MR) is 88.6 cm³/mol. The number of hydrogen-bond donors (Lipinski definition) is 0. The molecule has 0 aliphatic carbocycles. The minimum Gasteiger partial charge on any atom is -0.392 e. The molecule has 1 saturated heterocycles. The highest BCUT2D eigenvalue weighted by atomic mass is 29.3. The molecule has 0 radical (unpaired) electrons. The minimum atomic E-state index is -3.11. The summed E-state index contributed by atoms with van der Waals surface area (Å²) >= 11 is 0. The third-order valence-electron chi connectivity index (χ3n) is 3.60. The average Bonchev–Trinajstić information content (AvgIpc) is 2.45. The van der Waals surface area contributed by atoms with E-state index in [1.807, 2.05) is 41.5 Å². The molecule has 1 aliphatic heterocycles. The Labute approximate surface area is 136 Å². The molecule has 0 aromatic heterocycles. The van der Waals surface area contributed by atoms with Gasteiger partial charge >= 0.3 is 16.4 Å². The van der Waals surface area contributed by atoms with E-state index in [1.165, 1.54) is 0 Å². The van der Waals surface area contributed by atoms with Crippen LogP contribution in [0.4, 0.5) is 0 Å². The van der Waals surface area contributed by atoms with Crippen molar-refractivity contribution in [1.82, 2.24) is 0 Å². The zero-order valence-electron chi connectivity index (χ0n) is 14.9. The Morgan fingerprint density at radius 1 is 0.818 bits per heavy atom. The quantitative estimate of drug-likeness (QED) is 0.564. The second kappa shape index (κ2) is 8.88. The van der Waals surface area contributed by atoms with Crippen LogP contribution in [0.15, 0.2) is 0 Å². The topological polar surface area (TPSA) is 55.4 Å². The highest BCUT2D eigenvalue weighted by Gasteiger charge is 2.73. The van der Waals surface area contributed by atoms with E-state index in [2.05, 4.69) is 0 Å². The molecule has 1 aliphatic rings. The second-order valence-corrected chi connectivity index (χ2v) is 13.8. The van der Waals surface area contributed by atoms with Crippen molar-refractivity contribution < 1.29 is 26.9 Å². The third-order valence-corrected chi connectivity index (χ3v) is 14.6. The molecule has 1 heterocycles. The Bertz CT molecular complexity index is 318. The molecule has 0 bridgehead atoms. The number of ether oxygens (including phenoxy) is 1. The minimum absolute atomic E-state index is 0.503. The Kier molecular flexibility index (Phi) is 8.17. The van der Waals surface area contributed by atoms with E-state index < -0.39 is 22.2 Å². The molecule has 0 N–H and O–H groups in total. The van der Waals surface area contributed by atoms with Gasteiger partial charge in [-0.2, -0.15) is 0 Å². The lowest BCUT2D eigenvalue weighted by Crippen LogP contribution is -2.77. The van der Waals surface area contributed by atoms with Crippen LogP contribution in [0.5, 0.6) is 0 Å². The van der Waals surface area contributed by atoms with Crippen LogP contribution >= 0.6 is 0 Å². The van der Waals surface area contributed by atoms with Gasteiger partial charge in [-0.1, -0.05) is 0 Å². The van der Waals surface area contributed by atoms with Crippen molar-refractivity contribution in [2.45, 2.75) is 59.8 Å². The molecule has 0 spiro atoms. The molecule has 22 heavy (non-hydrogen) atoms. The maximum Gasteiger partial charge on any atom is 0.541 e. The van der Waals surface area contributed by atoms with E-state index in [-0.39, 0.29) is 0 Å². The Hall–Kier alpha value is 0.194. The Morgan fingerprint density at radius 2 is 1.32 bits per heavy atom. The summed E-state index contributed by atoms with van der Waals surface area (Å²) in [5, 5.41) is 0. The highest BCUT2D eigenvalue weighted by Crippen LogP contribution is 2.42. The molecular formula is C14H32O6Si2. The molecule has 1 rings (SSSR count). The molecular weight excluding hydrogens is 320 g/mol. The maximum atomic E-state index is 6.39. The van der Waals surface area contributed by atoms with Crippen molar-refractivity contribution in [3.8, 4) is 0 Å². The van der Waals surface area contributed by atoms with Gasteiger partial charge in [0.2, 0.25) is 0 Å². The van der Waals surface area contributed by atoms with E-state index in [0.29, 0.717) is 33.0 Å². The molecule has 0 amide bonds. The van der Waals surface area contributed by atoms with Crippen LogP contribution in [0.1, 0.15) is 48.0 Å². The predicted octanol–water partition coefficient (Wildman–Crippen LogP) is 2.76. The first-order chi connectivity index (χ1) is 10.5. The van der Waals surface area contributed by atoms with E-state index in [1.54, 1.807) is 0 Å². The molecule has 6 nitrogen and oxygen atoms in total. The average molecular weight is 353 g/mol. The Balaban J connectivity index is 3.22. The SMILES string of the molecule is CCOC1(C)CC[Si](OCC)(OCC)[Si](OCC)(OCC)O1. The summed E-state index contributed by atoms with van der Waals surface area (Å²) in [5.74, 6) is -0.698. The lowest BCUT2D eigenvalue weighted by Gasteiger charge is -2.50. The van der Waals surface area contributed by atoms with Crippen LogP contribution in [-0.2, 0) is 26.9 Å². The van der Waals surface area contributed by atoms with E-state index in [4.69, 9.17) is 26.9 Å². The van der Waals surface area contributed by atoms with Crippen molar-refractivity contribution in [3.05, 3.63) is 0 Å². The standard InChI is InChI=1S/C14H32O6Si2/c1-7-15-14(6)12-13-21(16-8-2,17-9-3)22(20-14,18-10-4)19-11-5/h7-13H2,1-6H3. The molecule has 0 saturated carbocycles. The molecule has 1 unspecified atom stereocenters. The van der Waals surface area contributed by atoms with Gasteiger partial charge in [-0.05, 0) is 41.5 Å². The van der Waals surface area contributed by atoms with Gasteiger partial charge in [0.1, 0.15) is 0 Å². The van der Waals surface area contributed by atoms with Crippen molar-refractivity contribution in [3.63, 3.8) is 0 Å². The zero-order chi connectivity index (χ0) is 16.7. The fourth-order valence-corrected chi connectivity index (χ4v) is 14.4. The van der Waals surface area contributed by atoms with Gasteiger partial charge < -0.3 is 26.9 Å². The fraction of sp³-hybridized carbons (Fsp3) is 1.00. The summed E-state index contributed by atoms with van der Waals surface area (Å²) in [6.45, 7) is 14.5. The summed E-state index contributed by atoms with van der Waals surface area (Å²) in [4.78, 5) is 0. The van der Waals surface area contributed by atoms with Crippen LogP contribution in [0, 0.1) is 0 Å². The highest BCUT2D eigenvalue weighted by molar-refractivity contribution is 7.29. The zero-order valence-corrected chi connectivity index (χ0v) is 16.9. The van der Waals surface area contributed by atoms with Gasteiger partial charge in [-0.3, -0.25) is 0 Å². The smallest absolute Gasteiger partial charge is 0.392 e. The van der Waals surface area contributed by atoms with Crippen LogP contribution in [0.2, 0.25) is 6.04 Å². The van der Waals surface area contributed by atoms with Gasteiger partial charge in [0, 0.05) is 45.5 Å². The van der Waals surface area contributed by atoms with Crippen molar-refractivity contribution in [2.24, 2.45) is 0 Å². The Morgan fingerprint density at radius 3 is 1.73 bits per heavy atom. The van der Waals surface area contributed by atoms with Crippen LogP contribution < -0.4 is 0 Å². The number of hydrogen-bond acceptors (Lipinski definition) is 6. The number of rotatable bonds is 10. The first-order valence-corrected chi connectivity index (χ1v) is 13.1. The van der Waals surface area contributed by atoms with E-state index in [9.17, 15) is 0 Å². The molecule has 132 valence electrons. The van der Waals surface area contributed by atoms with Crippen molar-refractivity contribution in [1.29, 1.82) is 0 Å². The van der Waals surface area contributed by atoms with Crippen molar-refractivity contribution >= 4 is 16.4 Å². The summed E-state index contributed by atoms with van der Waals surface area (Å²) in [5.41, 5.74) is 0. The van der Waals surface area contributed by atoms with Crippen molar-refractivity contribution in [2.75, 3.05) is 33.0 Å². The van der Waals surface area contributed by atoms with Gasteiger partial charge in [-0.15, -0.1) is 0 Å². The molecule has 8 heteroatoms. The third kappa shape index (κ3) is 4.18. The first-order valence-electron chi connectivity index (χ1n) is 8.36. The largest absolute Gasteiger partial charge is 0.541 e. The van der Waals surface area contributed by atoms with Crippen LogP contribution in [-0.4, -0.2) is 55.2 Å². The van der Waals surface area contributed by atoms with Gasteiger partial charge in [0.25, 0.3) is 0 Å². The second-order valence-electron chi connectivity index (χ2n) is 5.21. The van der Waals surface area contributed by atoms with E-state index >= 15 is 0 Å². The van der Waals surface area contributed by atoms with Crippen LogP contribution in [0.25, 0.3) is 0 Å². The van der Waals surface area contributed by atoms with Gasteiger partial charge in [0.05, 0.1) is 0 Å².